The molecule has 0 unspecified atom stereocenters. The summed E-state index contributed by atoms with van der Waals surface area (Å²) in [6, 6.07) is 8.58. The highest BCUT2D eigenvalue weighted by molar-refractivity contribution is 7.88. The van der Waals surface area contributed by atoms with Gasteiger partial charge in [-0.25, -0.2) is 12.7 Å². The maximum atomic E-state index is 11.5. The standard InChI is InChI=1S/C11H15NO3S/c1-9(11-7-5-4-6-8-11)12(10(2)13)16(3,14)15/h4-9H,1-3H3/t9-/m1/s1. The Morgan fingerprint density at radius 3 is 2.12 bits per heavy atom. The van der Waals surface area contributed by atoms with Gasteiger partial charge in [0, 0.05) is 6.92 Å². The quantitative estimate of drug-likeness (QED) is 0.807. The molecule has 0 saturated heterocycles. The summed E-state index contributed by atoms with van der Waals surface area (Å²) in [5.41, 5.74) is 0.795. The van der Waals surface area contributed by atoms with Crippen molar-refractivity contribution in [3.8, 4) is 0 Å². The maximum absolute atomic E-state index is 11.5. The average Bonchev–Trinajstić information content (AvgIpc) is 2.16. The number of nitrogens with zero attached hydrogens (tertiary/aromatic N) is 1. The molecule has 5 heteroatoms. The topological polar surface area (TPSA) is 54.5 Å². The van der Waals surface area contributed by atoms with Crippen molar-refractivity contribution in [1.29, 1.82) is 0 Å². The fraction of sp³-hybridized carbons (Fsp3) is 0.364. The second-order valence-corrected chi connectivity index (χ2v) is 5.52. The molecule has 1 aromatic rings. The van der Waals surface area contributed by atoms with Gasteiger partial charge in [-0.05, 0) is 12.5 Å². The molecular weight excluding hydrogens is 226 g/mol. The summed E-state index contributed by atoms with van der Waals surface area (Å²) < 4.78 is 23.9. The third kappa shape index (κ3) is 2.82. The fourth-order valence-corrected chi connectivity index (χ4v) is 2.82. The van der Waals surface area contributed by atoms with E-state index in [4.69, 9.17) is 0 Å². The predicted molar refractivity (Wildman–Crippen MR) is 62.2 cm³/mol. The van der Waals surface area contributed by atoms with Crippen molar-refractivity contribution in [3.05, 3.63) is 35.9 Å². The highest BCUT2D eigenvalue weighted by atomic mass is 32.2. The minimum Gasteiger partial charge on any atom is -0.274 e. The molecule has 0 bridgehead atoms. The van der Waals surface area contributed by atoms with Gasteiger partial charge in [-0.15, -0.1) is 0 Å². The summed E-state index contributed by atoms with van der Waals surface area (Å²) in [6.45, 7) is 2.94. The van der Waals surface area contributed by atoms with E-state index in [1.807, 2.05) is 18.2 Å². The van der Waals surface area contributed by atoms with Gasteiger partial charge in [0.1, 0.15) is 0 Å². The zero-order valence-corrected chi connectivity index (χ0v) is 10.4. The predicted octanol–water partition coefficient (Wildman–Crippen LogP) is 1.56. The lowest BCUT2D eigenvalue weighted by atomic mass is 10.1. The lowest BCUT2D eigenvalue weighted by Gasteiger charge is -2.26. The Morgan fingerprint density at radius 2 is 1.75 bits per heavy atom. The van der Waals surface area contributed by atoms with E-state index in [1.54, 1.807) is 19.1 Å². The smallest absolute Gasteiger partial charge is 0.234 e. The van der Waals surface area contributed by atoms with E-state index in [1.165, 1.54) is 6.92 Å². The van der Waals surface area contributed by atoms with Crippen LogP contribution in [0.3, 0.4) is 0 Å². The lowest BCUT2D eigenvalue weighted by Crippen LogP contribution is -2.36. The number of sulfonamides is 1. The van der Waals surface area contributed by atoms with Crippen LogP contribution in [0.2, 0.25) is 0 Å². The highest BCUT2D eigenvalue weighted by Gasteiger charge is 2.26. The molecule has 0 aliphatic heterocycles. The third-order valence-corrected chi connectivity index (χ3v) is 3.59. The Morgan fingerprint density at radius 1 is 1.25 bits per heavy atom. The molecule has 4 nitrogen and oxygen atoms in total. The van der Waals surface area contributed by atoms with Gasteiger partial charge < -0.3 is 0 Å². The van der Waals surface area contributed by atoms with Crippen LogP contribution in [0.25, 0.3) is 0 Å². The van der Waals surface area contributed by atoms with Gasteiger partial charge in [-0.3, -0.25) is 4.79 Å². The molecular formula is C11H15NO3S. The summed E-state index contributed by atoms with van der Waals surface area (Å²) in [7, 11) is -3.53. The van der Waals surface area contributed by atoms with Crippen molar-refractivity contribution >= 4 is 15.9 Å². The number of rotatable bonds is 3. The van der Waals surface area contributed by atoms with Gasteiger partial charge in [0.05, 0.1) is 12.3 Å². The first-order valence-corrected chi connectivity index (χ1v) is 6.74. The van der Waals surface area contributed by atoms with E-state index in [-0.39, 0.29) is 0 Å². The van der Waals surface area contributed by atoms with Crippen molar-refractivity contribution in [2.45, 2.75) is 19.9 Å². The summed E-state index contributed by atoms with van der Waals surface area (Å²) in [6.07, 6.45) is 1.04. The largest absolute Gasteiger partial charge is 0.274 e. The van der Waals surface area contributed by atoms with Gasteiger partial charge in [-0.1, -0.05) is 30.3 Å². The Labute approximate surface area is 95.9 Å². The van der Waals surface area contributed by atoms with Crippen LogP contribution < -0.4 is 0 Å². The van der Waals surface area contributed by atoms with E-state index >= 15 is 0 Å². The zero-order chi connectivity index (χ0) is 12.3. The number of hydrogen-bond acceptors (Lipinski definition) is 3. The summed E-state index contributed by atoms with van der Waals surface area (Å²) >= 11 is 0. The van der Waals surface area contributed by atoms with E-state index in [9.17, 15) is 13.2 Å². The molecule has 1 amide bonds. The van der Waals surface area contributed by atoms with Crippen molar-refractivity contribution in [2.75, 3.05) is 6.26 Å². The van der Waals surface area contributed by atoms with E-state index in [0.29, 0.717) is 0 Å². The number of benzene rings is 1. The summed E-state index contributed by atoms with van der Waals surface area (Å²) in [5.74, 6) is -0.473. The van der Waals surface area contributed by atoms with Crippen molar-refractivity contribution < 1.29 is 13.2 Å². The normalized spacial score (nSPS) is 13.2. The Balaban J connectivity index is 3.12. The molecule has 0 aliphatic rings. The van der Waals surface area contributed by atoms with E-state index in [0.717, 1.165) is 16.1 Å². The van der Waals surface area contributed by atoms with Crippen LogP contribution in [0, 0.1) is 0 Å². The van der Waals surface area contributed by atoms with Crippen LogP contribution in [0.1, 0.15) is 25.5 Å². The van der Waals surface area contributed by atoms with Crippen molar-refractivity contribution in [3.63, 3.8) is 0 Å². The second-order valence-electron chi connectivity index (χ2n) is 3.66. The molecule has 0 saturated carbocycles. The highest BCUT2D eigenvalue weighted by Crippen LogP contribution is 2.22. The Kier molecular flexibility index (Phi) is 3.70. The summed E-state index contributed by atoms with van der Waals surface area (Å²) in [5, 5.41) is 0. The fourth-order valence-electron chi connectivity index (χ4n) is 1.66. The second kappa shape index (κ2) is 4.65. The van der Waals surface area contributed by atoms with Crippen LogP contribution in [-0.2, 0) is 14.8 Å². The summed E-state index contributed by atoms with van der Waals surface area (Å²) in [4.78, 5) is 11.4. The van der Waals surface area contributed by atoms with Gasteiger partial charge in [0.15, 0.2) is 0 Å². The minimum absolute atomic E-state index is 0.473. The molecule has 0 radical (unpaired) electrons. The van der Waals surface area contributed by atoms with Crippen molar-refractivity contribution in [2.24, 2.45) is 0 Å². The molecule has 0 fully saturated rings. The first kappa shape index (κ1) is 12.7. The molecule has 0 heterocycles. The molecule has 0 N–H and O–H groups in total. The monoisotopic (exact) mass is 241 g/mol. The number of amides is 1. The molecule has 1 rings (SSSR count). The van der Waals surface area contributed by atoms with Gasteiger partial charge in [0.25, 0.3) is 0 Å². The number of hydrogen-bond donors (Lipinski definition) is 0. The molecule has 0 aromatic heterocycles. The van der Waals surface area contributed by atoms with E-state index in [2.05, 4.69) is 0 Å². The van der Waals surface area contributed by atoms with Crippen LogP contribution in [-0.4, -0.2) is 24.9 Å². The van der Waals surface area contributed by atoms with Crippen LogP contribution >= 0.6 is 0 Å². The Bertz CT molecular complexity index is 467. The molecule has 88 valence electrons. The van der Waals surface area contributed by atoms with Crippen LogP contribution in [0.15, 0.2) is 30.3 Å². The lowest BCUT2D eigenvalue weighted by molar-refractivity contribution is -0.125. The average molecular weight is 241 g/mol. The minimum atomic E-state index is -3.53. The maximum Gasteiger partial charge on any atom is 0.234 e. The zero-order valence-electron chi connectivity index (χ0n) is 9.54. The molecule has 0 aliphatic carbocycles. The molecule has 1 atom stereocenters. The van der Waals surface area contributed by atoms with Crippen molar-refractivity contribution in [1.82, 2.24) is 4.31 Å². The first-order valence-electron chi connectivity index (χ1n) is 4.89. The van der Waals surface area contributed by atoms with E-state index < -0.39 is 22.0 Å². The number of carbonyl (C=O) groups is 1. The van der Waals surface area contributed by atoms with Crippen LogP contribution in [0.5, 0.6) is 0 Å². The third-order valence-electron chi connectivity index (χ3n) is 2.30. The van der Waals surface area contributed by atoms with Gasteiger partial charge in [-0.2, -0.15) is 0 Å². The Hall–Kier alpha value is -1.36. The SMILES string of the molecule is CC(=O)N([C@H](C)c1ccccc1)S(C)(=O)=O. The number of carbonyl (C=O) groups excluding carboxylic acids is 1. The first-order chi connectivity index (χ1) is 7.34. The molecule has 1 aromatic carbocycles. The molecule has 0 spiro atoms. The van der Waals surface area contributed by atoms with Gasteiger partial charge in [0.2, 0.25) is 15.9 Å². The molecule has 16 heavy (non-hydrogen) atoms. The van der Waals surface area contributed by atoms with Crippen LogP contribution in [0.4, 0.5) is 0 Å². The van der Waals surface area contributed by atoms with Gasteiger partial charge >= 0.3 is 0 Å².